The van der Waals surface area contributed by atoms with E-state index >= 15 is 0 Å². The lowest BCUT2D eigenvalue weighted by atomic mass is 9.89. The second kappa shape index (κ2) is 4.43. The molecule has 0 aromatic heterocycles. The molecule has 14 heavy (non-hydrogen) atoms. The maximum Gasteiger partial charge on any atom is 0.0437 e. The average Bonchev–Trinajstić information content (AvgIpc) is 2.19. The van der Waals surface area contributed by atoms with E-state index in [-0.39, 0.29) is 6.61 Å². The zero-order valence-corrected chi connectivity index (χ0v) is 9.55. The Morgan fingerprint density at radius 3 is 3.14 bits per heavy atom. The third-order valence-electron chi connectivity index (χ3n) is 2.74. The Morgan fingerprint density at radius 2 is 2.36 bits per heavy atom. The van der Waals surface area contributed by atoms with Gasteiger partial charge in [-0.2, -0.15) is 0 Å². The van der Waals surface area contributed by atoms with E-state index in [0.717, 1.165) is 19.5 Å². The monoisotopic (exact) mass is 255 g/mol. The van der Waals surface area contributed by atoms with Crippen LogP contribution in [0.1, 0.15) is 23.5 Å². The van der Waals surface area contributed by atoms with Gasteiger partial charge in [-0.25, -0.2) is 0 Å². The predicted octanol–water partition coefficient (Wildman–Crippen LogP) is 2.02. The first kappa shape index (κ1) is 10.1. The van der Waals surface area contributed by atoms with Gasteiger partial charge in [0.25, 0.3) is 0 Å². The SMILES string of the molecule is OCC[C@@H]1CNCc2cccc(Br)c21. The summed E-state index contributed by atoms with van der Waals surface area (Å²) in [4.78, 5) is 0. The van der Waals surface area contributed by atoms with E-state index in [1.165, 1.54) is 15.6 Å². The van der Waals surface area contributed by atoms with Crippen LogP contribution >= 0.6 is 15.9 Å². The number of halogens is 1. The largest absolute Gasteiger partial charge is 0.396 e. The molecule has 1 heterocycles. The molecule has 2 rings (SSSR count). The summed E-state index contributed by atoms with van der Waals surface area (Å²) in [5, 5.41) is 12.4. The molecule has 0 fully saturated rings. The van der Waals surface area contributed by atoms with Gasteiger partial charge < -0.3 is 10.4 Å². The van der Waals surface area contributed by atoms with Crippen LogP contribution in [0, 0.1) is 0 Å². The zero-order valence-electron chi connectivity index (χ0n) is 7.96. The van der Waals surface area contributed by atoms with Gasteiger partial charge in [-0.3, -0.25) is 0 Å². The molecule has 0 saturated heterocycles. The molecule has 76 valence electrons. The first-order valence-electron chi connectivity index (χ1n) is 4.92. The van der Waals surface area contributed by atoms with Gasteiger partial charge in [0, 0.05) is 24.2 Å². The van der Waals surface area contributed by atoms with Crippen molar-refractivity contribution in [2.75, 3.05) is 13.2 Å². The number of rotatable bonds is 2. The van der Waals surface area contributed by atoms with Crippen molar-refractivity contribution in [3.63, 3.8) is 0 Å². The highest BCUT2D eigenvalue weighted by Crippen LogP contribution is 2.32. The summed E-state index contributed by atoms with van der Waals surface area (Å²) in [6.45, 7) is 2.17. The standard InChI is InChI=1S/C11H14BrNO/c12-10-3-1-2-8-6-13-7-9(4-5-14)11(8)10/h1-3,9,13-14H,4-7H2/t9-/m1/s1. The quantitative estimate of drug-likeness (QED) is 0.848. The average molecular weight is 256 g/mol. The van der Waals surface area contributed by atoms with E-state index in [9.17, 15) is 0 Å². The summed E-state index contributed by atoms with van der Waals surface area (Å²) in [7, 11) is 0. The Bertz CT molecular complexity index is 327. The van der Waals surface area contributed by atoms with Crippen molar-refractivity contribution in [2.24, 2.45) is 0 Å². The van der Waals surface area contributed by atoms with Crippen molar-refractivity contribution >= 4 is 15.9 Å². The Labute approximate surface area is 92.5 Å². The third-order valence-corrected chi connectivity index (χ3v) is 3.43. The van der Waals surface area contributed by atoms with Gasteiger partial charge >= 0.3 is 0 Å². The molecular formula is C11H14BrNO. The van der Waals surface area contributed by atoms with Gasteiger partial charge in [-0.15, -0.1) is 0 Å². The molecule has 1 aliphatic heterocycles. The Balaban J connectivity index is 2.36. The second-order valence-corrected chi connectivity index (χ2v) is 4.51. The molecular weight excluding hydrogens is 242 g/mol. The van der Waals surface area contributed by atoms with E-state index in [1.807, 2.05) is 0 Å². The summed E-state index contributed by atoms with van der Waals surface area (Å²) >= 11 is 3.58. The molecule has 0 unspecified atom stereocenters. The second-order valence-electron chi connectivity index (χ2n) is 3.65. The van der Waals surface area contributed by atoms with Crippen LogP contribution in [0.5, 0.6) is 0 Å². The van der Waals surface area contributed by atoms with E-state index in [2.05, 4.69) is 39.4 Å². The van der Waals surface area contributed by atoms with Gasteiger partial charge in [-0.1, -0.05) is 28.1 Å². The number of hydrogen-bond donors (Lipinski definition) is 2. The van der Waals surface area contributed by atoms with Crippen LogP contribution in [-0.4, -0.2) is 18.3 Å². The maximum absolute atomic E-state index is 8.99. The minimum atomic E-state index is 0.257. The van der Waals surface area contributed by atoms with Crippen LogP contribution in [0.3, 0.4) is 0 Å². The van der Waals surface area contributed by atoms with Gasteiger partial charge in [0.05, 0.1) is 0 Å². The molecule has 1 aromatic carbocycles. The van der Waals surface area contributed by atoms with Crippen LogP contribution in [0.25, 0.3) is 0 Å². The van der Waals surface area contributed by atoms with Crippen LogP contribution in [-0.2, 0) is 6.54 Å². The molecule has 0 radical (unpaired) electrons. The number of hydrogen-bond acceptors (Lipinski definition) is 2. The van der Waals surface area contributed by atoms with E-state index in [4.69, 9.17) is 5.11 Å². The summed E-state index contributed by atoms with van der Waals surface area (Å²) in [6, 6.07) is 6.29. The van der Waals surface area contributed by atoms with Crippen LogP contribution in [0.4, 0.5) is 0 Å². The summed E-state index contributed by atoms with van der Waals surface area (Å²) in [6.07, 6.45) is 0.836. The molecule has 0 aliphatic carbocycles. The first-order chi connectivity index (χ1) is 6.83. The van der Waals surface area contributed by atoms with Crippen molar-refractivity contribution in [2.45, 2.75) is 18.9 Å². The number of aliphatic hydroxyl groups excluding tert-OH is 1. The fraction of sp³-hybridized carbons (Fsp3) is 0.455. The summed E-state index contributed by atoms with van der Waals surface area (Å²) < 4.78 is 1.18. The van der Waals surface area contributed by atoms with Crippen molar-refractivity contribution in [1.29, 1.82) is 0 Å². The number of fused-ring (bicyclic) bond motifs is 1. The van der Waals surface area contributed by atoms with Gasteiger partial charge in [-0.05, 0) is 29.5 Å². The molecule has 0 saturated carbocycles. The molecule has 3 heteroatoms. The highest BCUT2D eigenvalue weighted by atomic mass is 79.9. The number of aliphatic hydroxyl groups is 1. The smallest absolute Gasteiger partial charge is 0.0437 e. The molecule has 0 bridgehead atoms. The maximum atomic E-state index is 8.99. The normalized spacial score (nSPS) is 20.6. The van der Waals surface area contributed by atoms with Crippen molar-refractivity contribution in [3.8, 4) is 0 Å². The zero-order chi connectivity index (χ0) is 9.97. The lowest BCUT2D eigenvalue weighted by Crippen LogP contribution is -2.29. The number of nitrogens with one attached hydrogen (secondary N) is 1. The van der Waals surface area contributed by atoms with Crippen LogP contribution < -0.4 is 5.32 Å². The molecule has 1 aromatic rings. The third kappa shape index (κ3) is 1.85. The topological polar surface area (TPSA) is 32.3 Å². The van der Waals surface area contributed by atoms with Crippen LogP contribution in [0.15, 0.2) is 22.7 Å². The highest BCUT2D eigenvalue weighted by Gasteiger charge is 2.21. The molecule has 1 aliphatic rings. The van der Waals surface area contributed by atoms with E-state index < -0.39 is 0 Å². The Kier molecular flexibility index (Phi) is 3.21. The Morgan fingerprint density at radius 1 is 1.50 bits per heavy atom. The summed E-state index contributed by atoms with van der Waals surface area (Å²) in [5.74, 6) is 0.444. The van der Waals surface area contributed by atoms with Gasteiger partial charge in [0.1, 0.15) is 0 Å². The fourth-order valence-corrected chi connectivity index (χ4v) is 2.81. The fourth-order valence-electron chi connectivity index (χ4n) is 2.08. The van der Waals surface area contributed by atoms with Gasteiger partial charge in [0.15, 0.2) is 0 Å². The van der Waals surface area contributed by atoms with Crippen molar-refractivity contribution in [3.05, 3.63) is 33.8 Å². The summed E-state index contributed by atoms with van der Waals surface area (Å²) in [5.41, 5.74) is 2.73. The predicted molar refractivity (Wildman–Crippen MR) is 60.3 cm³/mol. The van der Waals surface area contributed by atoms with Crippen molar-refractivity contribution < 1.29 is 5.11 Å². The van der Waals surface area contributed by atoms with Gasteiger partial charge in [0.2, 0.25) is 0 Å². The molecule has 1 atom stereocenters. The Hall–Kier alpha value is -0.380. The number of benzene rings is 1. The van der Waals surface area contributed by atoms with E-state index in [0.29, 0.717) is 5.92 Å². The highest BCUT2D eigenvalue weighted by molar-refractivity contribution is 9.10. The first-order valence-corrected chi connectivity index (χ1v) is 5.71. The molecule has 2 N–H and O–H groups in total. The minimum Gasteiger partial charge on any atom is -0.396 e. The van der Waals surface area contributed by atoms with Crippen LogP contribution in [0.2, 0.25) is 0 Å². The van der Waals surface area contributed by atoms with E-state index in [1.54, 1.807) is 0 Å². The lowest BCUT2D eigenvalue weighted by molar-refractivity contribution is 0.271. The molecule has 0 amide bonds. The lowest BCUT2D eigenvalue weighted by Gasteiger charge is -2.27. The van der Waals surface area contributed by atoms with Crippen molar-refractivity contribution in [1.82, 2.24) is 5.32 Å². The molecule has 0 spiro atoms. The minimum absolute atomic E-state index is 0.257. The molecule has 2 nitrogen and oxygen atoms in total.